The lowest BCUT2D eigenvalue weighted by Gasteiger charge is -2.32. The molecule has 9 heteroatoms. The smallest absolute Gasteiger partial charge is 0.270 e. The Labute approximate surface area is 181 Å². The van der Waals surface area contributed by atoms with Crippen molar-refractivity contribution in [3.63, 3.8) is 0 Å². The molecule has 1 amide bonds. The quantitative estimate of drug-likeness (QED) is 0.737. The SMILES string of the molecule is CCN1c2cc(OC)c(OC)cc2C(C)=C(C(=O)Nc2ccc(Cl)cc2C)S1(=O)=O. The average Bonchev–Trinajstić information content (AvgIpc) is 2.69. The van der Waals surface area contributed by atoms with Crippen molar-refractivity contribution in [3.8, 4) is 11.5 Å². The number of nitrogens with one attached hydrogen (secondary N) is 1. The maximum atomic E-state index is 13.4. The first kappa shape index (κ1) is 22.0. The molecule has 0 fully saturated rings. The van der Waals surface area contributed by atoms with E-state index in [9.17, 15) is 13.2 Å². The van der Waals surface area contributed by atoms with Crippen molar-refractivity contribution in [2.24, 2.45) is 0 Å². The number of methoxy groups -OCH3 is 2. The van der Waals surface area contributed by atoms with Crippen molar-refractivity contribution in [3.05, 3.63) is 51.4 Å². The van der Waals surface area contributed by atoms with Gasteiger partial charge in [-0.3, -0.25) is 9.10 Å². The van der Waals surface area contributed by atoms with E-state index in [-0.39, 0.29) is 11.4 Å². The minimum atomic E-state index is -4.08. The number of hydrogen-bond acceptors (Lipinski definition) is 5. The number of amides is 1. The second kappa shape index (κ2) is 8.20. The summed E-state index contributed by atoms with van der Waals surface area (Å²) in [5.41, 5.74) is 2.57. The number of aryl methyl sites for hydroxylation is 1. The topological polar surface area (TPSA) is 84.9 Å². The highest BCUT2D eigenvalue weighted by Gasteiger charge is 2.39. The number of rotatable bonds is 5. The van der Waals surface area contributed by atoms with Crippen LogP contribution in [0.4, 0.5) is 11.4 Å². The van der Waals surface area contributed by atoms with Crippen LogP contribution in [0.5, 0.6) is 11.5 Å². The summed E-state index contributed by atoms with van der Waals surface area (Å²) in [5, 5.41) is 3.23. The van der Waals surface area contributed by atoms with E-state index >= 15 is 0 Å². The third-order valence-corrected chi connectivity index (χ3v) is 7.27. The first-order chi connectivity index (χ1) is 14.1. The van der Waals surface area contributed by atoms with Crippen LogP contribution in [0.15, 0.2) is 35.2 Å². The summed E-state index contributed by atoms with van der Waals surface area (Å²) >= 11 is 5.97. The predicted molar refractivity (Wildman–Crippen MR) is 119 cm³/mol. The summed E-state index contributed by atoms with van der Waals surface area (Å²) in [6.07, 6.45) is 0. The van der Waals surface area contributed by atoms with Crippen LogP contribution in [0.3, 0.4) is 0 Å². The van der Waals surface area contributed by atoms with Crippen LogP contribution in [-0.2, 0) is 14.8 Å². The van der Waals surface area contributed by atoms with Crippen LogP contribution >= 0.6 is 11.6 Å². The van der Waals surface area contributed by atoms with Crippen molar-refractivity contribution < 1.29 is 22.7 Å². The van der Waals surface area contributed by atoms with E-state index in [1.807, 2.05) is 0 Å². The molecule has 2 aromatic rings. The number of hydrogen-bond donors (Lipinski definition) is 1. The third-order valence-electron chi connectivity index (χ3n) is 4.99. The van der Waals surface area contributed by atoms with Crippen molar-refractivity contribution in [1.29, 1.82) is 0 Å². The number of allylic oxidation sites excluding steroid dienone is 1. The van der Waals surface area contributed by atoms with Crippen molar-refractivity contribution in [2.75, 3.05) is 30.4 Å². The lowest BCUT2D eigenvalue weighted by molar-refractivity contribution is -0.112. The number of halogens is 1. The Balaban J connectivity index is 2.18. The standard InChI is InChI=1S/C21H23ClN2O5S/c1-6-24-17-11-19(29-5)18(28-4)10-15(17)13(3)20(30(24,26)27)21(25)23-16-8-7-14(22)9-12(16)2/h7-11H,6H2,1-5H3,(H,23,25). The van der Waals surface area contributed by atoms with E-state index < -0.39 is 15.9 Å². The number of sulfonamides is 1. The number of benzene rings is 2. The molecular formula is C21H23ClN2O5S. The molecule has 160 valence electrons. The van der Waals surface area contributed by atoms with Gasteiger partial charge in [0.05, 0.1) is 19.9 Å². The Hall–Kier alpha value is -2.71. The molecule has 0 aromatic heterocycles. The average molecular weight is 451 g/mol. The lowest BCUT2D eigenvalue weighted by Crippen LogP contribution is -2.39. The summed E-state index contributed by atoms with van der Waals surface area (Å²) in [6.45, 7) is 5.24. The maximum absolute atomic E-state index is 13.4. The molecule has 0 saturated carbocycles. The molecule has 0 aliphatic carbocycles. The number of fused-ring (bicyclic) bond motifs is 1. The molecule has 7 nitrogen and oxygen atoms in total. The molecule has 0 unspecified atom stereocenters. The molecule has 0 bridgehead atoms. The van der Waals surface area contributed by atoms with Gasteiger partial charge in [0.2, 0.25) is 0 Å². The third kappa shape index (κ3) is 3.61. The fourth-order valence-electron chi connectivity index (χ4n) is 3.50. The second-order valence-corrected chi connectivity index (χ2v) is 9.00. The van der Waals surface area contributed by atoms with Crippen molar-refractivity contribution in [1.82, 2.24) is 0 Å². The zero-order chi connectivity index (χ0) is 22.2. The first-order valence-corrected chi connectivity index (χ1v) is 11.0. The Kier molecular flexibility index (Phi) is 6.01. The van der Waals surface area contributed by atoms with Gasteiger partial charge in [-0.2, -0.15) is 0 Å². The van der Waals surface area contributed by atoms with Gasteiger partial charge in [0.15, 0.2) is 16.4 Å². The predicted octanol–water partition coefficient (Wildman–Crippen LogP) is 4.21. The molecule has 1 N–H and O–H groups in total. The summed E-state index contributed by atoms with van der Waals surface area (Å²) in [6, 6.07) is 8.25. The largest absolute Gasteiger partial charge is 0.493 e. The molecule has 30 heavy (non-hydrogen) atoms. The molecule has 0 spiro atoms. The molecule has 1 aliphatic rings. The Morgan fingerprint density at radius 3 is 2.30 bits per heavy atom. The van der Waals surface area contributed by atoms with Gasteiger partial charge in [0.25, 0.3) is 15.9 Å². The zero-order valence-electron chi connectivity index (χ0n) is 17.4. The van der Waals surface area contributed by atoms with E-state index in [0.29, 0.717) is 39.0 Å². The lowest BCUT2D eigenvalue weighted by atomic mass is 10.0. The highest BCUT2D eigenvalue weighted by atomic mass is 35.5. The highest BCUT2D eigenvalue weighted by molar-refractivity contribution is 7.97. The zero-order valence-corrected chi connectivity index (χ0v) is 18.9. The number of anilines is 2. The maximum Gasteiger partial charge on any atom is 0.270 e. The van der Waals surface area contributed by atoms with E-state index in [4.69, 9.17) is 21.1 Å². The molecule has 0 atom stereocenters. The monoisotopic (exact) mass is 450 g/mol. The summed E-state index contributed by atoms with van der Waals surface area (Å²) in [4.78, 5) is 12.8. The van der Waals surface area contributed by atoms with E-state index in [2.05, 4.69) is 5.32 Å². The van der Waals surface area contributed by atoms with Gasteiger partial charge in [-0.15, -0.1) is 0 Å². The number of carbonyl (C=O) groups is 1. The number of carbonyl (C=O) groups excluding carboxylic acids is 1. The molecular weight excluding hydrogens is 428 g/mol. The van der Waals surface area contributed by atoms with Crippen LogP contribution in [0.2, 0.25) is 5.02 Å². The molecule has 0 saturated heterocycles. The van der Waals surface area contributed by atoms with Crippen molar-refractivity contribution >= 4 is 44.5 Å². The van der Waals surface area contributed by atoms with Gasteiger partial charge in [-0.25, -0.2) is 8.42 Å². The van der Waals surface area contributed by atoms with Crippen LogP contribution in [-0.4, -0.2) is 35.1 Å². The Morgan fingerprint density at radius 2 is 1.73 bits per heavy atom. The van der Waals surface area contributed by atoms with Gasteiger partial charge in [0.1, 0.15) is 0 Å². The second-order valence-electron chi connectivity index (χ2n) is 6.76. The van der Waals surface area contributed by atoms with Gasteiger partial charge >= 0.3 is 0 Å². The van der Waals surface area contributed by atoms with Crippen molar-refractivity contribution in [2.45, 2.75) is 20.8 Å². The molecule has 3 rings (SSSR count). The minimum Gasteiger partial charge on any atom is -0.493 e. The minimum absolute atomic E-state index is 0.148. The van der Waals surface area contributed by atoms with Crippen LogP contribution in [0, 0.1) is 6.92 Å². The molecule has 2 aromatic carbocycles. The van der Waals surface area contributed by atoms with Gasteiger partial charge in [-0.05, 0) is 56.2 Å². The summed E-state index contributed by atoms with van der Waals surface area (Å²) < 4.78 is 38.6. The summed E-state index contributed by atoms with van der Waals surface area (Å²) in [7, 11) is -1.11. The van der Waals surface area contributed by atoms with E-state index in [0.717, 1.165) is 5.56 Å². The van der Waals surface area contributed by atoms with Gasteiger partial charge in [-0.1, -0.05) is 11.6 Å². The molecule has 1 heterocycles. The van der Waals surface area contributed by atoms with Crippen LogP contribution in [0.1, 0.15) is 25.0 Å². The van der Waals surface area contributed by atoms with Gasteiger partial charge < -0.3 is 14.8 Å². The van der Waals surface area contributed by atoms with E-state index in [1.54, 1.807) is 51.1 Å². The van der Waals surface area contributed by atoms with Crippen LogP contribution in [0.25, 0.3) is 5.57 Å². The highest BCUT2D eigenvalue weighted by Crippen LogP contribution is 2.45. The number of nitrogens with zero attached hydrogens (tertiary/aromatic N) is 1. The fourth-order valence-corrected chi connectivity index (χ4v) is 5.48. The fraction of sp³-hybridized carbons (Fsp3) is 0.286. The molecule has 1 aliphatic heterocycles. The Morgan fingerprint density at radius 1 is 1.10 bits per heavy atom. The van der Waals surface area contributed by atoms with Gasteiger partial charge in [0, 0.05) is 28.9 Å². The molecule has 0 radical (unpaired) electrons. The van der Waals surface area contributed by atoms with Crippen LogP contribution < -0.4 is 19.1 Å². The normalized spacial score (nSPS) is 14.9. The summed E-state index contributed by atoms with van der Waals surface area (Å²) in [5.74, 6) is 0.137. The Bertz CT molecular complexity index is 1160. The number of ether oxygens (including phenoxy) is 2. The first-order valence-electron chi connectivity index (χ1n) is 9.23. The van der Waals surface area contributed by atoms with E-state index in [1.165, 1.54) is 18.5 Å².